The number of carbonyl (C=O) groups is 1. The van der Waals surface area contributed by atoms with E-state index in [-0.39, 0.29) is 6.04 Å². The summed E-state index contributed by atoms with van der Waals surface area (Å²) in [4.78, 5) is 14.4. The van der Waals surface area contributed by atoms with E-state index in [0.29, 0.717) is 5.91 Å². The van der Waals surface area contributed by atoms with E-state index in [1.165, 1.54) is 12.8 Å². The highest BCUT2D eigenvalue weighted by Crippen LogP contribution is 2.20. The van der Waals surface area contributed by atoms with E-state index in [0.717, 1.165) is 51.5 Å². The van der Waals surface area contributed by atoms with Crippen LogP contribution in [0.5, 0.6) is 0 Å². The monoisotopic (exact) mass is 239 g/mol. The van der Waals surface area contributed by atoms with Crippen LogP contribution in [0.2, 0.25) is 0 Å². The van der Waals surface area contributed by atoms with Crippen molar-refractivity contribution < 1.29 is 4.79 Å². The standard InChI is InChI=1S/C13H25N3O/c1-2-11-4-6-15-12(10-11)13(17)16-8-3-5-14-7-9-16/h11-12,14-15H,2-10H2,1H3. The first-order chi connectivity index (χ1) is 8.31. The molecule has 98 valence electrons. The lowest BCUT2D eigenvalue weighted by Gasteiger charge is -2.32. The van der Waals surface area contributed by atoms with Crippen LogP contribution < -0.4 is 10.6 Å². The number of piperidine rings is 1. The first kappa shape index (κ1) is 12.8. The van der Waals surface area contributed by atoms with Crippen LogP contribution in [0, 0.1) is 5.92 Å². The van der Waals surface area contributed by atoms with Gasteiger partial charge in [0.25, 0.3) is 0 Å². The minimum Gasteiger partial charge on any atom is -0.340 e. The van der Waals surface area contributed by atoms with Gasteiger partial charge in [-0.3, -0.25) is 4.79 Å². The number of rotatable bonds is 2. The Hall–Kier alpha value is -0.610. The van der Waals surface area contributed by atoms with Crippen LogP contribution in [-0.2, 0) is 4.79 Å². The van der Waals surface area contributed by atoms with Crippen molar-refractivity contribution in [3.63, 3.8) is 0 Å². The molecule has 2 rings (SSSR count). The topological polar surface area (TPSA) is 44.4 Å². The van der Waals surface area contributed by atoms with Gasteiger partial charge < -0.3 is 15.5 Å². The quantitative estimate of drug-likeness (QED) is 0.741. The van der Waals surface area contributed by atoms with Crippen molar-refractivity contribution >= 4 is 5.91 Å². The van der Waals surface area contributed by atoms with Crippen LogP contribution in [0.15, 0.2) is 0 Å². The molecular weight excluding hydrogens is 214 g/mol. The van der Waals surface area contributed by atoms with Crippen molar-refractivity contribution in [2.75, 3.05) is 32.7 Å². The molecule has 0 radical (unpaired) electrons. The molecule has 2 saturated heterocycles. The molecule has 2 unspecified atom stereocenters. The van der Waals surface area contributed by atoms with Crippen molar-refractivity contribution in [3.05, 3.63) is 0 Å². The first-order valence-corrected chi connectivity index (χ1v) is 7.04. The number of hydrogen-bond donors (Lipinski definition) is 2. The Kier molecular flexibility index (Phi) is 4.80. The molecule has 17 heavy (non-hydrogen) atoms. The van der Waals surface area contributed by atoms with E-state index < -0.39 is 0 Å². The SMILES string of the molecule is CCC1CCNC(C(=O)N2CCCNCC2)C1. The number of hydrogen-bond acceptors (Lipinski definition) is 3. The summed E-state index contributed by atoms with van der Waals surface area (Å²) in [6.07, 6.45) is 4.53. The van der Waals surface area contributed by atoms with Crippen molar-refractivity contribution in [1.29, 1.82) is 0 Å². The van der Waals surface area contributed by atoms with Gasteiger partial charge >= 0.3 is 0 Å². The molecule has 2 aliphatic heterocycles. The fourth-order valence-corrected chi connectivity index (χ4v) is 2.84. The van der Waals surface area contributed by atoms with E-state index in [4.69, 9.17) is 0 Å². The second-order valence-electron chi connectivity index (χ2n) is 5.23. The highest BCUT2D eigenvalue weighted by Gasteiger charge is 2.29. The predicted molar refractivity (Wildman–Crippen MR) is 68.9 cm³/mol. The van der Waals surface area contributed by atoms with Crippen LogP contribution in [0.1, 0.15) is 32.6 Å². The van der Waals surface area contributed by atoms with E-state index in [1.54, 1.807) is 0 Å². The molecule has 0 aromatic carbocycles. The fourth-order valence-electron chi connectivity index (χ4n) is 2.84. The molecule has 4 nitrogen and oxygen atoms in total. The summed E-state index contributed by atoms with van der Waals surface area (Å²) in [7, 11) is 0. The van der Waals surface area contributed by atoms with E-state index in [1.807, 2.05) is 4.90 Å². The molecule has 4 heteroatoms. The molecule has 0 spiro atoms. The van der Waals surface area contributed by atoms with Crippen molar-refractivity contribution in [2.24, 2.45) is 5.92 Å². The summed E-state index contributed by atoms with van der Waals surface area (Å²) >= 11 is 0. The molecule has 0 aromatic rings. The van der Waals surface area contributed by atoms with Gasteiger partial charge in [0.15, 0.2) is 0 Å². The maximum atomic E-state index is 12.4. The lowest BCUT2D eigenvalue weighted by molar-refractivity contribution is -0.134. The smallest absolute Gasteiger partial charge is 0.239 e. The average Bonchev–Trinajstić information content (AvgIpc) is 2.67. The summed E-state index contributed by atoms with van der Waals surface area (Å²) in [6.45, 7) is 7.00. The highest BCUT2D eigenvalue weighted by atomic mass is 16.2. The van der Waals surface area contributed by atoms with Gasteiger partial charge in [-0.2, -0.15) is 0 Å². The Morgan fingerprint density at radius 3 is 3.00 bits per heavy atom. The van der Waals surface area contributed by atoms with Gasteiger partial charge in [0.1, 0.15) is 0 Å². The Bertz CT molecular complexity index is 249. The number of amides is 1. The molecule has 1 amide bonds. The third-order valence-corrected chi connectivity index (χ3v) is 4.04. The molecule has 0 bridgehead atoms. The normalized spacial score (nSPS) is 31.0. The van der Waals surface area contributed by atoms with Crippen molar-refractivity contribution in [3.8, 4) is 0 Å². The Morgan fingerprint density at radius 2 is 2.18 bits per heavy atom. The van der Waals surface area contributed by atoms with Crippen LogP contribution in [0.25, 0.3) is 0 Å². The molecule has 2 heterocycles. The van der Waals surface area contributed by atoms with Crippen LogP contribution >= 0.6 is 0 Å². The van der Waals surface area contributed by atoms with Crippen LogP contribution in [0.3, 0.4) is 0 Å². The minimum atomic E-state index is 0.0757. The second kappa shape index (κ2) is 6.36. The maximum absolute atomic E-state index is 12.4. The summed E-state index contributed by atoms with van der Waals surface area (Å²) < 4.78 is 0. The van der Waals surface area contributed by atoms with Gasteiger partial charge in [-0.05, 0) is 38.3 Å². The summed E-state index contributed by atoms with van der Waals surface area (Å²) in [5.41, 5.74) is 0. The predicted octanol–water partition coefficient (Wildman–Crippen LogP) is 0.587. The number of carbonyl (C=O) groups excluding carboxylic acids is 1. The number of nitrogens with one attached hydrogen (secondary N) is 2. The van der Waals surface area contributed by atoms with Gasteiger partial charge in [0.2, 0.25) is 5.91 Å². The minimum absolute atomic E-state index is 0.0757. The highest BCUT2D eigenvalue weighted by molar-refractivity contribution is 5.82. The van der Waals surface area contributed by atoms with Crippen LogP contribution in [-0.4, -0.2) is 49.6 Å². The van der Waals surface area contributed by atoms with Gasteiger partial charge in [0, 0.05) is 19.6 Å². The van der Waals surface area contributed by atoms with Gasteiger partial charge in [-0.15, -0.1) is 0 Å². The molecule has 2 fully saturated rings. The van der Waals surface area contributed by atoms with Gasteiger partial charge in [0.05, 0.1) is 6.04 Å². The summed E-state index contributed by atoms with van der Waals surface area (Å²) in [5, 5.41) is 6.73. The van der Waals surface area contributed by atoms with Gasteiger partial charge in [-0.25, -0.2) is 0 Å². The zero-order valence-electron chi connectivity index (χ0n) is 10.9. The molecule has 2 atom stereocenters. The molecule has 0 saturated carbocycles. The molecule has 0 aliphatic carbocycles. The zero-order valence-corrected chi connectivity index (χ0v) is 10.9. The first-order valence-electron chi connectivity index (χ1n) is 7.04. The lowest BCUT2D eigenvalue weighted by Crippen LogP contribution is -2.51. The maximum Gasteiger partial charge on any atom is 0.239 e. The summed E-state index contributed by atoms with van der Waals surface area (Å²) in [6, 6.07) is 0.0757. The Balaban J connectivity index is 1.89. The lowest BCUT2D eigenvalue weighted by atomic mass is 9.90. The molecule has 0 aromatic heterocycles. The van der Waals surface area contributed by atoms with Gasteiger partial charge in [-0.1, -0.05) is 13.3 Å². The molecule has 2 N–H and O–H groups in total. The second-order valence-corrected chi connectivity index (χ2v) is 5.23. The third-order valence-electron chi connectivity index (χ3n) is 4.04. The average molecular weight is 239 g/mol. The number of nitrogens with zero attached hydrogens (tertiary/aromatic N) is 1. The largest absolute Gasteiger partial charge is 0.340 e. The Labute approximate surface area is 104 Å². The zero-order chi connectivity index (χ0) is 12.1. The van der Waals surface area contributed by atoms with E-state index >= 15 is 0 Å². The van der Waals surface area contributed by atoms with Crippen molar-refractivity contribution in [2.45, 2.75) is 38.6 Å². The van der Waals surface area contributed by atoms with Crippen molar-refractivity contribution in [1.82, 2.24) is 15.5 Å². The third kappa shape index (κ3) is 3.42. The summed E-state index contributed by atoms with van der Waals surface area (Å²) in [5.74, 6) is 1.06. The van der Waals surface area contributed by atoms with Crippen LogP contribution in [0.4, 0.5) is 0 Å². The molecule has 2 aliphatic rings. The Morgan fingerprint density at radius 1 is 1.29 bits per heavy atom. The van der Waals surface area contributed by atoms with E-state index in [9.17, 15) is 4.79 Å². The fraction of sp³-hybridized carbons (Fsp3) is 0.923. The molecular formula is C13H25N3O. The van der Waals surface area contributed by atoms with E-state index in [2.05, 4.69) is 17.6 Å².